The molecule has 0 radical (unpaired) electrons. The number of fused-ring (bicyclic) bond motifs is 1. The summed E-state index contributed by atoms with van der Waals surface area (Å²) in [5.74, 6) is 0.709. The molecule has 15 heavy (non-hydrogen) atoms. The number of rotatable bonds is 1. The molecule has 3 aromatic rings. The first kappa shape index (κ1) is 8.37. The zero-order valence-electron chi connectivity index (χ0n) is 7.64. The maximum atomic E-state index is 4.90. The van der Waals surface area contributed by atoms with Crippen molar-refractivity contribution in [2.75, 3.05) is 0 Å². The van der Waals surface area contributed by atoms with Gasteiger partial charge in [-0.1, -0.05) is 6.07 Å². The van der Waals surface area contributed by atoms with Crippen LogP contribution in [0.15, 0.2) is 30.6 Å². The van der Waals surface area contributed by atoms with E-state index in [0.717, 1.165) is 11.1 Å². The van der Waals surface area contributed by atoms with E-state index >= 15 is 0 Å². The van der Waals surface area contributed by atoms with E-state index in [1.165, 1.54) is 0 Å². The highest BCUT2D eigenvalue weighted by Crippen LogP contribution is 2.19. The molecule has 3 rings (SSSR count). The van der Waals surface area contributed by atoms with Gasteiger partial charge in [0.25, 0.3) is 0 Å². The molecule has 2 N–H and O–H groups in total. The Labute approximate surface area is 89.8 Å². The third-order valence-electron chi connectivity index (χ3n) is 2.18. The van der Waals surface area contributed by atoms with Crippen LogP contribution < -0.4 is 0 Å². The molecule has 3 heterocycles. The van der Waals surface area contributed by atoms with Crippen molar-refractivity contribution in [3.8, 4) is 11.4 Å². The van der Waals surface area contributed by atoms with Gasteiger partial charge in [0.1, 0.15) is 0 Å². The molecule has 6 heteroatoms. The van der Waals surface area contributed by atoms with Crippen LogP contribution in [-0.4, -0.2) is 24.8 Å². The van der Waals surface area contributed by atoms with Crippen molar-refractivity contribution in [3.05, 3.63) is 35.4 Å². The maximum Gasteiger partial charge on any atom is 0.213 e. The van der Waals surface area contributed by atoms with E-state index in [4.69, 9.17) is 12.2 Å². The van der Waals surface area contributed by atoms with E-state index < -0.39 is 0 Å². The molecule has 74 valence electrons. The van der Waals surface area contributed by atoms with Crippen molar-refractivity contribution in [1.29, 1.82) is 0 Å². The molecule has 0 bridgehead atoms. The van der Waals surface area contributed by atoms with E-state index in [1.54, 1.807) is 10.7 Å². The molecule has 0 aliphatic rings. The molecule has 0 amide bonds. The SMILES string of the molecule is S=c1nc(-c2cnn3ccccc23)[nH][nH]1. The standard InChI is InChI=1S/C9H7N5S/c15-9-11-8(12-13-9)6-5-10-14-4-2-1-3-7(6)14/h1-5H,(H2,11,12,13,15). The second-order valence-corrected chi connectivity index (χ2v) is 3.49. The van der Waals surface area contributed by atoms with Crippen molar-refractivity contribution in [2.45, 2.75) is 0 Å². The van der Waals surface area contributed by atoms with E-state index in [0.29, 0.717) is 10.6 Å². The average molecular weight is 217 g/mol. The van der Waals surface area contributed by atoms with Crippen LogP contribution in [0.4, 0.5) is 0 Å². The molecule has 0 unspecified atom stereocenters. The zero-order valence-corrected chi connectivity index (χ0v) is 8.45. The van der Waals surface area contributed by atoms with Gasteiger partial charge in [-0.3, -0.25) is 10.2 Å². The topological polar surface area (TPSA) is 61.8 Å². The monoisotopic (exact) mass is 217 g/mol. The first-order valence-corrected chi connectivity index (χ1v) is 4.83. The summed E-state index contributed by atoms with van der Waals surface area (Å²) < 4.78 is 2.24. The normalized spacial score (nSPS) is 10.9. The number of pyridine rings is 1. The van der Waals surface area contributed by atoms with Gasteiger partial charge in [-0.15, -0.1) is 0 Å². The summed E-state index contributed by atoms with van der Waals surface area (Å²) in [6.07, 6.45) is 3.65. The van der Waals surface area contributed by atoms with Crippen LogP contribution in [0.2, 0.25) is 0 Å². The zero-order chi connectivity index (χ0) is 10.3. The van der Waals surface area contributed by atoms with Gasteiger partial charge in [0.05, 0.1) is 17.3 Å². The van der Waals surface area contributed by atoms with Crippen molar-refractivity contribution in [2.24, 2.45) is 0 Å². The Morgan fingerprint density at radius 3 is 3.00 bits per heavy atom. The lowest BCUT2D eigenvalue weighted by atomic mass is 10.2. The number of H-pyrrole nitrogens is 2. The highest BCUT2D eigenvalue weighted by Gasteiger charge is 2.07. The van der Waals surface area contributed by atoms with Gasteiger partial charge >= 0.3 is 0 Å². The van der Waals surface area contributed by atoms with Gasteiger partial charge in [0.2, 0.25) is 4.77 Å². The van der Waals surface area contributed by atoms with Gasteiger partial charge in [-0.25, -0.2) is 4.52 Å². The molecule has 0 aromatic carbocycles. The Hall–Kier alpha value is -1.95. The quantitative estimate of drug-likeness (QED) is 0.611. The first-order valence-electron chi connectivity index (χ1n) is 4.42. The van der Waals surface area contributed by atoms with Crippen LogP contribution in [0.3, 0.4) is 0 Å². The van der Waals surface area contributed by atoms with Gasteiger partial charge < -0.3 is 0 Å². The van der Waals surface area contributed by atoms with Crippen LogP contribution in [0.25, 0.3) is 16.9 Å². The fourth-order valence-corrected chi connectivity index (χ4v) is 1.66. The minimum atomic E-state index is 0.445. The van der Waals surface area contributed by atoms with E-state index in [1.807, 2.05) is 24.4 Å². The van der Waals surface area contributed by atoms with Crippen molar-refractivity contribution >= 4 is 17.7 Å². The summed E-state index contributed by atoms with van der Waals surface area (Å²) in [6, 6.07) is 5.87. The second-order valence-electron chi connectivity index (χ2n) is 3.10. The summed E-state index contributed by atoms with van der Waals surface area (Å²) in [7, 11) is 0. The van der Waals surface area contributed by atoms with Crippen molar-refractivity contribution < 1.29 is 0 Å². The van der Waals surface area contributed by atoms with Gasteiger partial charge in [-0.05, 0) is 24.4 Å². The number of nitrogens with one attached hydrogen (secondary N) is 2. The fraction of sp³-hybridized carbons (Fsp3) is 0. The molecule has 0 aliphatic carbocycles. The molecule has 0 spiro atoms. The van der Waals surface area contributed by atoms with Gasteiger partial charge in [0.15, 0.2) is 5.82 Å². The minimum Gasteiger partial charge on any atom is -0.282 e. The maximum absolute atomic E-state index is 4.90. The van der Waals surface area contributed by atoms with Gasteiger partial charge in [0, 0.05) is 6.20 Å². The number of aromatic nitrogens is 5. The highest BCUT2D eigenvalue weighted by molar-refractivity contribution is 7.71. The van der Waals surface area contributed by atoms with Crippen LogP contribution in [0.1, 0.15) is 0 Å². The Bertz CT molecular complexity index is 662. The molecule has 0 saturated carbocycles. The molecule has 3 aromatic heterocycles. The first-order chi connectivity index (χ1) is 7.34. The Kier molecular flexibility index (Phi) is 1.69. The Balaban J connectivity index is 2.32. The van der Waals surface area contributed by atoms with E-state index in [-0.39, 0.29) is 0 Å². The summed E-state index contributed by atoms with van der Waals surface area (Å²) in [6.45, 7) is 0. The molecule has 0 fully saturated rings. The molecular weight excluding hydrogens is 210 g/mol. The number of aromatic amines is 2. The summed E-state index contributed by atoms with van der Waals surface area (Å²) in [5.41, 5.74) is 1.93. The lowest BCUT2D eigenvalue weighted by Gasteiger charge is -1.93. The predicted molar refractivity (Wildman–Crippen MR) is 58.0 cm³/mol. The average Bonchev–Trinajstić information content (AvgIpc) is 2.83. The van der Waals surface area contributed by atoms with Crippen LogP contribution in [0.5, 0.6) is 0 Å². The predicted octanol–water partition coefficient (Wildman–Crippen LogP) is 1.78. The largest absolute Gasteiger partial charge is 0.282 e. The van der Waals surface area contributed by atoms with Crippen LogP contribution in [-0.2, 0) is 0 Å². The molecule has 5 nitrogen and oxygen atoms in total. The third-order valence-corrected chi connectivity index (χ3v) is 2.38. The van der Waals surface area contributed by atoms with Crippen LogP contribution >= 0.6 is 12.2 Å². The van der Waals surface area contributed by atoms with E-state index in [2.05, 4.69) is 20.3 Å². The van der Waals surface area contributed by atoms with E-state index in [9.17, 15) is 0 Å². The second kappa shape index (κ2) is 3.03. The molecule has 0 atom stereocenters. The minimum absolute atomic E-state index is 0.445. The molecular formula is C9H7N5S. The Morgan fingerprint density at radius 1 is 1.27 bits per heavy atom. The lowest BCUT2D eigenvalue weighted by molar-refractivity contribution is 0.961. The third kappa shape index (κ3) is 1.26. The van der Waals surface area contributed by atoms with Crippen molar-refractivity contribution in [1.82, 2.24) is 24.8 Å². The van der Waals surface area contributed by atoms with Crippen molar-refractivity contribution in [3.63, 3.8) is 0 Å². The number of hydrogen-bond donors (Lipinski definition) is 2. The van der Waals surface area contributed by atoms with Crippen LogP contribution in [0, 0.1) is 4.77 Å². The Morgan fingerprint density at radius 2 is 2.20 bits per heavy atom. The molecule has 0 saturated heterocycles. The van der Waals surface area contributed by atoms with Gasteiger partial charge in [-0.2, -0.15) is 10.1 Å². The number of nitrogens with zero attached hydrogens (tertiary/aromatic N) is 3. The highest BCUT2D eigenvalue weighted by atomic mass is 32.1. The smallest absolute Gasteiger partial charge is 0.213 e. The summed E-state index contributed by atoms with van der Waals surface area (Å²) in [4.78, 5) is 4.15. The summed E-state index contributed by atoms with van der Waals surface area (Å²) in [5, 5.41) is 9.88. The number of hydrogen-bond acceptors (Lipinski definition) is 3. The lowest BCUT2D eigenvalue weighted by Crippen LogP contribution is -1.84. The fourth-order valence-electron chi connectivity index (χ4n) is 1.51. The molecule has 0 aliphatic heterocycles. The summed E-state index contributed by atoms with van der Waals surface area (Å²) >= 11 is 4.90.